The van der Waals surface area contributed by atoms with Crippen LogP contribution < -0.4 is 0 Å². The topological polar surface area (TPSA) is 81.2 Å². The summed E-state index contributed by atoms with van der Waals surface area (Å²) in [4.78, 5) is 0. The molecule has 0 spiro atoms. The Balaban J connectivity index is 1.34. The number of aromatic nitrogens is 2. The van der Waals surface area contributed by atoms with E-state index in [4.69, 9.17) is 6.42 Å². The summed E-state index contributed by atoms with van der Waals surface area (Å²) in [7, 11) is 0. The average molecular weight is 650 g/mol. The normalized spacial score (nSPS) is 13.3. The molecule has 0 unspecified atom stereocenters. The molecule has 7 aromatic rings. The predicted molar refractivity (Wildman–Crippen MR) is 204 cm³/mol. The molecule has 5 aromatic carbocycles. The molecular formula is C46H27N5. The van der Waals surface area contributed by atoms with Gasteiger partial charge in [-0.05, 0) is 103 Å². The molecule has 5 nitrogen and oxygen atoms in total. The van der Waals surface area contributed by atoms with Gasteiger partial charge in [0.25, 0.3) is 0 Å². The first kappa shape index (κ1) is 30.8. The Kier molecular flexibility index (Phi) is 7.56. The lowest BCUT2D eigenvalue weighted by Gasteiger charge is -2.24. The Morgan fingerprint density at radius 1 is 0.745 bits per heavy atom. The molecule has 0 atom stereocenters. The molecule has 1 aliphatic rings. The van der Waals surface area contributed by atoms with Gasteiger partial charge in [0.05, 0.1) is 55.9 Å². The van der Waals surface area contributed by atoms with E-state index in [1.807, 2.05) is 37.3 Å². The minimum Gasteiger partial charge on any atom is -0.313 e. The van der Waals surface area contributed by atoms with E-state index in [0.717, 1.165) is 56.0 Å². The summed E-state index contributed by atoms with van der Waals surface area (Å²) < 4.78 is 4.41. The van der Waals surface area contributed by atoms with Crippen LogP contribution in [-0.4, -0.2) is 9.13 Å². The van der Waals surface area contributed by atoms with Crippen molar-refractivity contribution in [2.24, 2.45) is 0 Å². The highest BCUT2D eigenvalue weighted by atomic mass is 15.0. The lowest BCUT2D eigenvalue weighted by atomic mass is 9.83. The summed E-state index contributed by atoms with van der Waals surface area (Å²) in [6.07, 6.45) is 15.5. The van der Waals surface area contributed by atoms with E-state index in [-0.39, 0.29) is 11.1 Å². The van der Waals surface area contributed by atoms with Crippen molar-refractivity contribution < 1.29 is 0 Å². The molecule has 2 aromatic heterocycles. The quantitative estimate of drug-likeness (QED) is 0.137. The number of fused-ring (bicyclic) bond motifs is 6. The number of nitriles is 3. The molecule has 8 rings (SSSR count). The van der Waals surface area contributed by atoms with Gasteiger partial charge in [-0.1, -0.05) is 66.6 Å². The van der Waals surface area contributed by atoms with Crippen molar-refractivity contribution in [1.29, 1.82) is 15.8 Å². The van der Waals surface area contributed by atoms with Gasteiger partial charge in [0, 0.05) is 27.4 Å². The minimum absolute atomic E-state index is 0.263. The number of nitrogens with zero attached hydrogens (tertiary/aromatic N) is 5. The maximum atomic E-state index is 10.7. The molecule has 0 saturated carbocycles. The van der Waals surface area contributed by atoms with Crippen LogP contribution in [0.2, 0.25) is 0 Å². The van der Waals surface area contributed by atoms with E-state index in [1.54, 1.807) is 24.3 Å². The van der Waals surface area contributed by atoms with E-state index < -0.39 is 0 Å². The molecule has 0 radical (unpaired) electrons. The van der Waals surface area contributed by atoms with Crippen LogP contribution in [-0.2, 0) is 0 Å². The van der Waals surface area contributed by atoms with Gasteiger partial charge in [-0.25, -0.2) is 0 Å². The summed E-state index contributed by atoms with van der Waals surface area (Å²) in [5.74, 6) is 2.76. The zero-order chi connectivity index (χ0) is 35.1. The molecule has 0 N–H and O–H groups in total. The van der Waals surface area contributed by atoms with Crippen LogP contribution in [0.4, 0.5) is 0 Å². The molecule has 0 aliphatic heterocycles. The van der Waals surface area contributed by atoms with Gasteiger partial charge in [-0.15, -0.1) is 6.42 Å². The fourth-order valence-electron chi connectivity index (χ4n) is 7.55. The maximum absolute atomic E-state index is 10.7. The molecule has 0 bridgehead atoms. The van der Waals surface area contributed by atoms with E-state index in [2.05, 4.69) is 106 Å². The molecule has 1 aliphatic carbocycles. The number of terminal acetylenes is 1. The van der Waals surface area contributed by atoms with E-state index in [9.17, 15) is 15.8 Å². The van der Waals surface area contributed by atoms with Crippen LogP contribution in [0.25, 0.3) is 60.6 Å². The van der Waals surface area contributed by atoms with E-state index in [0.29, 0.717) is 23.2 Å². The van der Waals surface area contributed by atoms with E-state index in [1.165, 1.54) is 16.5 Å². The molecule has 0 fully saturated rings. The third-order valence-corrected chi connectivity index (χ3v) is 9.73. The smallest absolute Gasteiger partial charge is 0.101 e. The summed E-state index contributed by atoms with van der Waals surface area (Å²) in [6, 6.07) is 42.9. The van der Waals surface area contributed by atoms with Gasteiger partial charge < -0.3 is 9.13 Å². The Bertz CT molecular complexity index is 2860. The lowest BCUT2D eigenvalue weighted by molar-refractivity contribution is 0.940. The zero-order valence-electron chi connectivity index (χ0n) is 27.7. The molecule has 0 saturated heterocycles. The van der Waals surface area contributed by atoms with Crippen molar-refractivity contribution in [2.45, 2.75) is 19.8 Å². The van der Waals surface area contributed by atoms with Crippen molar-refractivity contribution in [3.8, 4) is 36.2 Å². The third-order valence-electron chi connectivity index (χ3n) is 9.73. The molecule has 0 amide bonds. The predicted octanol–water partition coefficient (Wildman–Crippen LogP) is 10.3. The van der Waals surface area contributed by atoms with Crippen LogP contribution in [0.1, 0.15) is 42.0 Å². The lowest BCUT2D eigenvalue weighted by Crippen LogP contribution is -2.08. The highest BCUT2D eigenvalue weighted by molar-refractivity contribution is 6.11. The van der Waals surface area contributed by atoms with Crippen LogP contribution in [0.3, 0.4) is 0 Å². The Labute approximate surface area is 295 Å². The first-order valence-corrected chi connectivity index (χ1v) is 16.6. The van der Waals surface area contributed by atoms with Crippen molar-refractivity contribution in [2.75, 3.05) is 0 Å². The van der Waals surface area contributed by atoms with Crippen LogP contribution in [0.15, 0.2) is 126 Å². The number of hydrogen-bond acceptors (Lipinski definition) is 3. The largest absolute Gasteiger partial charge is 0.313 e. The second-order valence-corrected chi connectivity index (χ2v) is 12.3. The Hall–Kier alpha value is -7.49. The van der Waals surface area contributed by atoms with Crippen molar-refractivity contribution in [3.63, 3.8) is 0 Å². The molecular weight excluding hydrogens is 623 g/mol. The van der Waals surface area contributed by atoms with Gasteiger partial charge in [0.2, 0.25) is 0 Å². The Morgan fingerprint density at radius 3 is 2.14 bits per heavy atom. The summed E-state index contributed by atoms with van der Waals surface area (Å²) >= 11 is 0. The zero-order valence-corrected chi connectivity index (χ0v) is 27.7. The second kappa shape index (κ2) is 12.5. The number of allylic oxidation sites excluding steroid dienone is 8. The highest BCUT2D eigenvalue weighted by Gasteiger charge is 2.26. The molecule has 5 heteroatoms. The highest BCUT2D eigenvalue weighted by Crippen LogP contribution is 2.42. The van der Waals surface area contributed by atoms with E-state index >= 15 is 0 Å². The fraction of sp³-hybridized carbons (Fsp3) is 0.0652. The SMILES string of the molecule is C#C/C=C(C1=CC=C(n2c3ccccc3c3ccccc32)CC1)\C(=C/C)c1c(-n2c3ccc#cc3c3cc(C#N)ccc32)ccc(C#N)c1C#N. The summed E-state index contributed by atoms with van der Waals surface area (Å²) in [5.41, 5.74) is 10.2. The number of hydrogen-bond donors (Lipinski definition) is 0. The van der Waals surface area contributed by atoms with Gasteiger partial charge >= 0.3 is 0 Å². The van der Waals surface area contributed by atoms with Crippen molar-refractivity contribution >= 4 is 54.9 Å². The first-order valence-electron chi connectivity index (χ1n) is 16.6. The second-order valence-electron chi connectivity index (χ2n) is 12.3. The molecule has 236 valence electrons. The van der Waals surface area contributed by atoms with Crippen molar-refractivity contribution in [3.05, 3.63) is 161 Å². The summed E-state index contributed by atoms with van der Waals surface area (Å²) in [5, 5.41) is 34.6. The average Bonchev–Trinajstić information content (AvgIpc) is 3.70. The van der Waals surface area contributed by atoms with Crippen LogP contribution >= 0.6 is 0 Å². The van der Waals surface area contributed by atoms with Gasteiger partial charge in [0.15, 0.2) is 0 Å². The number of benzene rings is 4. The maximum Gasteiger partial charge on any atom is 0.101 e. The fourth-order valence-corrected chi connectivity index (χ4v) is 7.55. The van der Waals surface area contributed by atoms with Crippen LogP contribution in [0.5, 0.6) is 0 Å². The minimum atomic E-state index is 0.263. The van der Waals surface area contributed by atoms with Gasteiger partial charge in [0.1, 0.15) is 12.1 Å². The molecule has 51 heavy (non-hydrogen) atoms. The van der Waals surface area contributed by atoms with Crippen molar-refractivity contribution in [1.82, 2.24) is 9.13 Å². The monoisotopic (exact) mass is 649 g/mol. The van der Waals surface area contributed by atoms with Crippen LogP contribution in [0, 0.1) is 58.5 Å². The standard InChI is InChI=1S/C46H27N5/c1-3-11-35(31-19-22-33(23-20-31)50-41-15-8-5-12-36(41)37-13-6-9-16-42(37)50)34(4-2)46-40(29-49)32(28-48)21-25-45(46)51-43-17-10-7-14-38(43)39-26-30(27-47)18-24-44(39)51/h1,4-6,8-13,15-19,21-22,24-26H,20,23H2,2H3/b34-4+,35-11-. The first-order chi connectivity index (χ1) is 25.1. The molecule has 2 heterocycles. The summed E-state index contributed by atoms with van der Waals surface area (Å²) in [6.45, 7) is 1.93. The number of para-hydroxylation sites is 2. The number of rotatable bonds is 5. The third kappa shape index (κ3) is 4.80. The van der Waals surface area contributed by atoms with Gasteiger partial charge in [-0.2, -0.15) is 15.8 Å². The van der Waals surface area contributed by atoms with Gasteiger partial charge in [-0.3, -0.25) is 0 Å². The Morgan fingerprint density at radius 2 is 1.49 bits per heavy atom.